The highest BCUT2D eigenvalue weighted by molar-refractivity contribution is 8.18. The zero-order chi connectivity index (χ0) is 10.1. The molecule has 0 amide bonds. The van der Waals surface area contributed by atoms with Crippen LogP contribution in [0.3, 0.4) is 0 Å². The Morgan fingerprint density at radius 1 is 0.867 bits per heavy atom. The fourth-order valence-electron chi connectivity index (χ4n) is 1.58. The summed E-state index contributed by atoms with van der Waals surface area (Å²) in [5, 5.41) is 3.01. The molecule has 3 saturated heterocycles. The summed E-state index contributed by atoms with van der Waals surface area (Å²) in [6.45, 7) is 0. The van der Waals surface area contributed by atoms with E-state index >= 15 is 0 Å². The van der Waals surface area contributed by atoms with Gasteiger partial charge in [0.2, 0.25) is 0 Å². The van der Waals surface area contributed by atoms with E-state index in [-0.39, 0.29) is 0 Å². The molecule has 0 aromatic heterocycles. The smallest absolute Gasteiger partial charge is 0.0514 e. The second kappa shape index (κ2) is 5.59. The van der Waals surface area contributed by atoms with Crippen LogP contribution in [0.5, 0.6) is 0 Å². The van der Waals surface area contributed by atoms with Gasteiger partial charge in [0, 0.05) is 44.5 Å². The van der Waals surface area contributed by atoms with E-state index in [2.05, 4.69) is 58.8 Å². The van der Waals surface area contributed by atoms with Crippen molar-refractivity contribution in [3.63, 3.8) is 0 Å². The molecule has 15 heavy (non-hydrogen) atoms. The number of thioether (sulfide) groups is 5. The maximum Gasteiger partial charge on any atom is 0.0514 e. The van der Waals surface area contributed by atoms with Crippen molar-refractivity contribution >= 4 is 58.8 Å². The minimum Gasteiger partial charge on any atom is -0.156 e. The maximum atomic E-state index is 2.25. The molecule has 3 aliphatic heterocycles. The molecule has 0 spiro atoms. The highest BCUT2D eigenvalue weighted by Crippen LogP contribution is 2.44. The normalized spacial score (nSPS) is 43.2. The minimum absolute atomic E-state index is 0.926. The van der Waals surface area contributed by atoms with Gasteiger partial charge in [0.15, 0.2) is 0 Å². The first-order valence-electron chi connectivity index (χ1n) is 5.48. The van der Waals surface area contributed by atoms with Gasteiger partial charge in [-0.2, -0.15) is 35.3 Å². The third-order valence-corrected chi connectivity index (χ3v) is 9.85. The summed E-state index contributed by atoms with van der Waals surface area (Å²) in [6, 6.07) is 0. The topological polar surface area (TPSA) is 0 Å². The molecule has 3 aliphatic rings. The Kier molecular flexibility index (Phi) is 4.41. The number of hydrogen-bond acceptors (Lipinski definition) is 5. The third-order valence-electron chi connectivity index (χ3n) is 2.71. The summed E-state index contributed by atoms with van der Waals surface area (Å²) in [4.78, 5) is 0. The van der Waals surface area contributed by atoms with Crippen LogP contribution in [0.2, 0.25) is 0 Å². The van der Waals surface area contributed by atoms with E-state index in [1.807, 2.05) is 0 Å². The van der Waals surface area contributed by atoms with Crippen molar-refractivity contribution in [2.45, 2.75) is 26.8 Å². The molecular weight excluding hydrogens is 280 g/mol. The lowest BCUT2D eigenvalue weighted by Gasteiger charge is -2.08. The minimum atomic E-state index is 0.926. The molecule has 0 aromatic carbocycles. The number of hydrogen-bond donors (Lipinski definition) is 0. The molecule has 0 aliphatic carbocycles. The highest BCUT2D eigenvalue weighted by atomic mass is 32.2. The van der Waals surface area contributed by atoms with Gasteiger partial charge in [-0.1, -0.05) is 0 Å². The van der Waals surface area contributed by atoms with E-state index in [9.17, 15) is 0 Å². The van der Waals surface area contributed by atoms with Gasteiger partial charge in [0.25, 0.3) is 0 Å². The zero-order valence-corrected chi connectivity index (χ0v) is 12.7. The van der Waals surface area contributed by atoms with Crippen LogP contribution in [0, 0.1) is 0 Å². The van der Waals surface area contributed by atoms with Crippen LogP contribution < -0.4 is 0 Å². The van der Waals surface area contributed by atoms with E-state index in [1.165, 1.54) is 35.2 Å². The SMILES string of the molecule is C1SC1CSC1CSC(SCC2CS2)C1. The Morgan fingerprint density at radius 3 is 2.20 bits per heavy atom. The average molecular weight is 297 g/mol. The Bertz CT molecular complexity index is 192. The van der Waals surface area contributed by atoms with Crippen molar-refractivity contribution in [2.24, 2.45) is 0 Å². The van der Waals surface area contributed by atoms with Gasteiger partial charge in [0.05, 0.1) is 4.58 Å². The summed E-state index contributed by atoms with van der Waals surface area (Å²) < 4.78 is 0.926. The molecule has 3 rings (SSSR count). The summed E-state index contributed by atoms with van der Waals surface area (Å²) in [6.07, 6.45) is 1.47. The summed E-state index contributed by atoms with van der Waals surface area (Å²) in [5.41, 5.74) is 0. The maximum absolute atomic E-state index is 2.25. The second-order valence-electron chi connectivity index (χ2n) is 4.20. The zero-order valence-electron chi connectivity index (χ0n) is 8.59. The summed E-state index contributed by atoms with van der Waals surface area (Å²) in [5.74, 6) is 7.12. The third kappa shape index (κ3) is 4.16. The lowest BCUT2D eigenvalue weighted by molar-refractivity contribution is 0.941. The first-order chi connectivity index (χ1) is 7.40. The van der Waals surface area contributed by atoms with Gasteiger partial charge < -0.3 is 0 Å². The van der Waals surface area contributed by atoms with E-state index < -0.39 is 0 Å². The van der Waals surface area contributed by atoms with Gasteiger partial charge in [-0.25, -0.2) is 0 Å². The van der Waals surface area contributed by atoms with Crippen molar-refractivity contribution in [1.29, 1.82) is 0 Å². The average Bonchev–Trinajstić information content (AvgIpc) is 3.14. The molecule has 3 fully saturated rings. The molecule has 0 radical (unpaired) electrons. The van der Waals surface area contributed by atoms with Crippen LogP contribution in [0.15, 0.2) is 0 Å². The molecular formula is C10H16S5. The highest BCUT2D eigenvalue weighted by Gasteiger charge is 2.31. The predicted octanol–water partition coefficient (Wildman–Crippen LogP) is 3.52. The van der Waals surface area contributed by atoms with Crippen LogP contribution in [0.25, 0.3) is 0 Å². The van der Waals surface area contributed by atoms with E-state index in [0.717, 1.165) is 20.3 Å². The molecule has 0 bridgehead atoms. The monoisotopic (exact) mass is 296 g/mol. The van der Waals surface area contributed by atoms with Crippen molar-refractivity contribution in [3.05, 3.63) is 0 Å². The molecule has 5 heteroatoms. The quantitative estimate of drug-likeness (QED) is 0.686. The van der Waals surface area contributed by atoms with Crippen LogP contribution in [0.4, 0.5) is 0 Å². The van der Waals surface area contributed by atoms with Gasteiger partial charge in [-0.15, -0.1) is 23.5 Å². The fourth-order valence-corrected chi connectivity index (χ4v) is 8.13. The van der Waals surface area contributed by atoms with E-state index in [1.54, 1.807) is 0 Å². The lowest BCUT2D eigenvalue weighted by atomic mass is 10.4. The van der Waals surface area contributed by atoms with Gasteiger partial charge in [0.1, 0.15) is 0 Å². The molecule has 0 saturated carbocycles. The van der Waals surface area contributed by atoms with Crippen LogP contribution in [-0.4, -0.2) is 49.1 Å². The molecule has 0 aromatic rings. The first kappa shape index (κ1) is 11.8. The Labute approximate surface area is 114 Å². The first-order valence-corrected chi connectivity index (χ1v) is 10.7. The Morgan fingerprint density at radius 2 is 1.53 bits per heavy atom. The van der Waals surface area contributed by atoms with Crippen LogP contribution in [0.1, 0.15) is 6.42 Å². The van der Waals surface area contributed by atoms with Crippen molar-refractivity contribution in [1.82, 2.24) is 0 Å². The van der Waals surface area contributed by atoms with E-state index in [4.69, 9.17) is 0 Å². The van der Waals surface area contributed by atoms with Gasteiger partial charge in [-0.3, -0.25) is 0 Å². The van der Waals surface area contributed by atoms with Crippen LogP contribution >= 0.6 is 58.8 Å². The molecule has 3 heterocycles. The summed E-state index contributed by atoms with van der Waals surface area (Å²) in [7, 11) is 0. The van der Waals surface area contributed by atoms with Crippen molar-refractivity contribution in [2.75, 3.05) is 28.8 Å². The standard InChI is InChI=1S/C10H16S5/c1-7(11-3-8-4-12-8)2-14-10(1)15-6-9-5-13-9/h7-10H,1-6H2. The largest absolute Gasteiger partial charge is 0.156 e. The lowest BCUT2D eigenvalue weighted by Crippen LogP contribution is -2.05. The molecule has 0 nitrogen and oxygen atoms in total. The molecule has 0 N–H and O–H groups in total. The van der Waals surface area contributed by atoms with Crippen molar-refractivity contribution in [3.8, 4) is 0 Å². The Balaban J connectivity index is 1.30. The predicted molar refractivity (Wildman–Crippen MR) is 82.1 cm³/mol. The van der Waals surface area contributed by atoms with Crippen LogP contribution in [-0.2, 0) is 0 Å². The van der Waals surface area contributed by atoms with Gasteiger partial charge >= 0.3 is 0 Å². The summed E-state index contributed by atoms with van der Waals surface area (Å²) >= 11 is 11.0. The van der Waals surface area contributed by atoms with Gasteiger partial charge in [-0.05, 0) is 6.42 Å². The fraction of sp³-hybridized carbons (Fsp3) is 1.00. The molecule has 4 atom stereocenters. The van der Waals surface area contributed by atoms with E-state index in [0.29, 0.717) is 0 Å². The molecule has 4 unspecified atom stereocenters. The second-order valence-corrected chi connectivity index (χ2v) is 11.0. The van der Waals surface area contributed by atoms with Crippen molar-refractivity contribution < 1.29 is 0 Å². The Hall–Kier alpha value is 1.75. The number of rotatable bonds is 6. The molecule has 86 valence electrons.